The molecule has 1 fully saturated rings. The average Bonchev–Trinajstić information content (AvgIpc) is 2.55. The zero-order valence-corrected chi connectivity index (χ0v) is 15.1. The number of piperazine rings is 1. The molecule has 0 aliphatic carbocycles. The number of halogens is 1. The molecule has 2 rings (SSSR count). The largest absolute Gasteiger partial charge is 0.353 e. The minimum atomic E-state index is -0.243. The highest BCUT2D eigenvalue weighted by Gasteiger charge is 2.22. The zero-order chi connectivity index (χ0) is 18.4. The van der Waals surface area contributed by atoms with Crippen LogP contribution in [0.4, 0.5) is 9.18 Å². The van der Waals surface area contributed by atoms with Crippen LogP contribution < -0.4 is 10.6 Å². The maximum atomic E-state index is 13.3. The molecule has 2 N–H and O–H groups in total. The molecule has 25 heavy (non-hydrogen) atoms. The molecule has 1 saturated heterocycles. The van der Waals surface area contributed by atoms with E-state index >= 15 is 0 Å². The Morgan fingerprint density at radius 2 is 1.88 bits per heavy atom. The SMILES string of the molecule is Cc1cc(CNC(=O)N2CCN(CC(=O)NC(C)C)CC2)ccc1F. The number of amides is 3. The van der Waals surface area contributed by atoms with Crippen LogP contribution in [0.25, 0.3) is 0 Å². The Kier molecular flexibility index (Phi) is 6.75. The van der Waals surface area contributed by atoms with Crippen molar-refractivity contribution in [1.82, 2.24) is 20.4 Å². The fourth-order valence-electron chi connectivity index (χ4n) is 2.79. The summed E-state index contributed by atoms with van der Waals surface area (Å²) < 4.78 is 13.3. The second-order valence-electron chi connectivity index (χ2n) is 6.73. The van der Waals surface area contributed by atoms with Gasteiger partial charge < -0.3 is 15.5 Å². The summed E-state index contributed by atoms with van der Waals surface area (Å²) in [4.78, 5) is 27.8. The van der Waals surface area contributed by atoms with Gasteiger partial charge in [-0.25, -0.2) is 9.18 Å². The van der Waals surface area contributed by atoms with E-state index < -0.39 is 0 Å². The van der Waals surface area contributed by atoms with Crippen molar-refractivity contribution >= 4 is 11.9 Å². The minimum absolute atomic E-state index is 0.0135. The third-order valence-electron chi connectivity index (χ3n) is 4.14. The minimum Gasteiger partial charge on any atom is -0.353 e. The first-order chi connectivity index (χ1) is 11.8. The number of carbonyl (C=O) groups is 2. The van der Waals surface area contributed by atoms with Gasteiger partial charge in [0, 0.05) is 38.8 Å². The Bertz CT molecular complexity index is 613. The fourth-order valence-corrected chi connectivity index (χ4v) is 2.79. The predicted molar refractivity (Wildman–Crippen MR) is 94.7 cm³/mol. The lowest BCUT2D eigenvalue weighted by Crippen LogP contribution is -2.53. The average molecular weight is 350 g/mol. The smallest absolute Gasteiger partial charge is 0.317 e. The number of carbonyl (C=O) groups excluding carboxylic acids is 2. The van der Waals surface area contributed by atoms with Crippen LogP contribution in [0, 0.1) is 12.7 Å². The van der Waals surface area contributed by atoms with Gasteiger partial charge in [0.1, 0.15) is 5.82 Å². The lowest BCUT2D eigenvalue weighted by molar-refractivity contribution is -0.123. The van der Waals surface area contributed by atoms with E-state index in [4.69, 9.17) is 0 Å². The van der Waals surface area contributed by atoms with Crippen molar-refractivity contribution in [2.75, 3.05) is 32.7 Å². The van der Waals surface area contributed by atoms with Crippen LogP contribution in [-0.2, 0) is 11.3 Å². The maximum absolute atomic E-state index is 13.3. The van der Waals surface area contributed by atoms with Gasteiger partial charge in [-0.1, -0.05) is 12.1 Å². The van der Waals surface area contributed by atoms with E-state index in [9.17, 15) is 14.0 Å². The molecule has 0 aromatic heterocycles. The number of hydrogen-bond donors (Lipinski definition) is 2. The predicted octanol–water partition coefficient (Wildman–Crippen LogP) is 1.49. The lowest BCUT2D eigenvalue weighted by Gasteiger charge is -2.34. The summed E-state index contributed by atoms with van der Waals surface area (Å²) in [6.07, 6.45) is 0. The third-order valence-corrected chi connectivity index (χ3v) is 4.14. The molecule has 1 aromatic rings. The third kappa shape index (κ3) is 6.01. The molecule has 1 aliphatic rings. The Labute approximate surface area is 148 Å². The Balaban J connectivity index is 1.73. The molecule has 1 aromatic carbocycles. The van der Waals surface area contributed by atoms with Gasteiger partial charge in [0.25, 0.3) is 0 Å². The highest BCUT2D eigenvalue weighted by Crippen LogP contribution is 2.09. The van der Waals surface area contributed by atoms with Gasteiger partial charge in [-0.3, -0.25) is 9.69 Å². The summed E-state index contributed by atoms with van der Waals surface area (Å²) in [6.45, 7) is 8.83. The van der Waals surface area contributed by atoms with Crippen molar-refractivity contribution in [2.45, 2.75) is 33.4 Å². The molecule has 0 atom stereocenters. The van der Waals surface area contributed by atoms with E-state index in [0.717, 1.165) is 5.56 Å². The first-order valence-corrected chi connectivity index (χ1v) is 8.64. The van der Waals surface area contributed by atoms with Crippen LogP contribution >= 0.6 is 0 Å². The van der Waals surface area contributed by atoms with Crippen molar-refractivity contribution in [3.63, 3.8) is 0 Å². The summed E-state index contributed by atoms with van der Waals surface area (Å²) >= 11 is 0. The van der Waals surface area contributed by atoms with Crippen LogP contribution in [-0.4, -0.2) is 60.5 Å². The summed E-state index contributed by atoms with van der Waals surface area (Å²) in [6, 6.07) is 4.83. The monoisotopic (exact) mass is 350 g/mol. The number of rotatable bonds is 5. The van der Waals surface area contributed by atoms with Crippen molar-refractivity contribution in [3.8, 4) is 0 Å². The summed E-state index contributed by atoms with van der Waals surface area (Å²) in [5.74, 6) is -0.229. The normalized spacial score (nSPS) is 15.3. The van der Waals surface area contributed by atoms with E-state index in [0.29, 0.717) is 44.8 Å². The molecular formula is C18H27FN4O2. The molecule has 6 nitrogen and oxygen atoms in total. The Hall–Kier alpha value is -2.15. The van der Waals surface area contributed by atoms with Crippen LogP contribution in [0.5, 0.6) is 0 Å². The lowest BCUT2D eigenvalue weighted by atomic mass is 10.1. The number of urea groups is 1. The highest BCUT2D eigenvalue weighted by molar-refractivity contribution is 5.78. The Morgan fingerprint density at radius 3 is 2.48 bits per heavy atom. The topological polar surface area (TPSA) is 64.7 Å². The van der Waals surface area contributed by atoms with Crippen LogP contribution in [0.15, 0.2) is 18.2 Å². The number of aryl methyl sites for hydroxylation is 1. The second kappa shape index (κ2) is 8.80. The van der Waals surface area contributed by atoms with E-state index in [1.807, 2.05) is 18.7 Å². The van der Waals surface area contributed by atoms with Crippen LogP contribution in [0.1, 0.15) is 25.0 Å². The molecule has 3 amide bonds. The molecule has 7 heteroatoms. The highest BCUT2D eigenvalue weighted by atomic mass is 19.1. The first-order valence-electron chi connectivity index (χ1n) is 8.64. The molecule has 0 spiro atoms. The molecule has 138 valence electrons. The second-order valence-corrected chi connectivity index (χ2v) is 6.73. The van der Waals surface area contributed by atoms with Gasteiger partial charge in [0.05, 0.1) is 6.54 Å². The molecule has 0 bridgehead atoms. The zero-order valence-electron chi connectivity index (χ0n) is 15.1. The van der Waals surface area contributed by atoms with Crippen molar-refractivity contribution in [2.24, 2.45) is 0 Å². The number of hydrogen-bond acceptors (Lipinski definition) is 3. The van der Waals surface area contributed by atoms with E-state index in [-0.39, 0.29) is 23.8 Å². The van der Waals surface area contributed by atoms with Gasteiger partial charge in [-0.15, -0.1) is 0 Å². The van der Waals surface area contributed by atoms with E-state index in [1.165, 1.54) is 6.07 Å². The van der Waals surface area contributed by atoms with E-state index in [1.54, 1.807) is 24.0 Å². The summed E-state index contributed by atoms with van der Waals surface area (Å²) in [5, 5.41) is 5.73. The van der Waals surface area contributed by atoms with Crippen LogP contribution in [0.2, 0.25) is 0 Å². The van der Waals surface area contributed by atoms with Crippen molar-refractivity contribution < 1.29 is 14.0 Å². The quantitative estimate of drug-likeness (QED) is 0.846. The van der Waals surface area contributed by atoms with Gasteiger partial charge in [-0.05, 0) is 38.0 Å². The molecule has 0 unspecified atom stereocenters. The fraction of sp³-hybridized carbons (Fsp3) is 0.556. The molecule has 1 aliphatic heterocycles. The van der Waals surface area contributed by atoms with Gasteiger partial charge >= 0.3 is 6.03 Å². The maximum Gasteiger partial charge on any atom is 0.317 e. The van der Waals surface area contributed by atoms with Crippen LogP contribution in [0.3, 0.4) is 0 Å². The molecular weight excluding hydrogens is 323 g/mol. The van der Waals surface area contributed by atoms with E-state index in [2.05, 4.69) is 10.6 Å². The van der Waals surface area contributed by atoms with Gasteiger partial charge in [0.15, 0.2) is 0 Å². The van der Waals surface area contributed by atoms with Crippen molar-refractivity contribution in [3.05, 3.63) is 35.1 Å². The molecule has 1 heterocycles. The van der Waals surface area contributed by atoms with Gasteiger partial charge in [0.2, 0.25) is 5.91 Å². The number of nitrogens with one attached hydrogen (secondary N) is 2. The Morgan fingerprint density at radius 1 is 1.20 bits per heavy atom. The number of benzene rings is 1. The summed E-state index contributed by atoms with van der Waals surface area (Å²) in [7, 11) is 0. The first kappa shape index (κ1) is 19.2. The van der Waals surface area contributed by atoms with Gasteiger partial charge in [-0.2, -0.15) is 0 Å². The van der Waals surface area contributed by atoms with Crippen molar-refractivity contribution in [1.29, 1.82) is 0 Å². The summed E-state index contributed by atoms with van der Waals surface area (Å²) in [5.41, 5.74) is 1.44. The number of nitrogens with zero attached hydrogens (tertiary/aromatic N) is 2. The standard InChI is InChI=1S/C18H27FN4O2/c1-13(2)21-17(24)12-22-6-8-23(9-7-22)18(25)20-11-15-4-5-16(19)14(3)10-15/h4-5,10,13H,6-9,11-12H2,1-3H3,(H,20,25)(H,21,24). The molecule has 0 saturated carbocycles. The molecule has 0 radical (unpaired) electrons.